The van der Waals surface area contributed by atoms with Crippen LogP contribution in [0, 0.1) is 0 Å². The fourth-order valence-corrected chi connectivity index (χ4v) is 6.31. The molecule has 0 aliphatic heterocycles. The summed E-state index contributed by atoms with van der Waals surface area (Å²) < 4.78 is 6.32. The molecule has 0 unspecified atom stereocenters. The summed E-state index contributed by atoms with van der Waals surface area (Å²) in [7, 11) is 0. The van der Waals surface area contributed by atoms with E-state index in [4.69, 9.17) is 4.42 Å². The number of hydrogen-bond acceptors (Lipinski definition) is 1. The predicted octanol–water partition coefficient (Wildman–Crippen LogP) is 10.2. The van der Waals surface area contributed by atoms with Crippen molar-refractivity contribution in [3.8, 4) is 22.3 Å². The molecule has 0 radical (unpaired) electrons. The summed E-state index contributed by atoms with van der Waals surface area (Å²) in [4.78, 5) is 0. The first kappa shape index (κ1) is 20.6. The fraction of sp³-hybridized carbons (Fsp3) is 0.0556. The Morgan fingerprint density at radius 2 is 1.24 bits per heavy atom. The lowest BCUT2D eigenvalue weighted by molar-refractivity contribution is 0.595. The van der Waals surface area contributed by atoms with Crippen LogP contribution in [0.3, 0.4) is 0 Å². The van der Waals surface area contributed by atoms with Gasteiger partial charge in [-0.3, -0.25) is 0 Å². The maximum absolute atomic E-state index is 6.32. The van der Waals surface area contributed by atoms with Gasteiger partial charge in [-0.1, -0.05) is 103 Å². The average Bonchev–Trinajstić information content (AvgIpc) is 3.35. The van der Waals surface area contributed by atoms with Crippen molar-refractivity contribution in [3.63, 3.8) is 0 Å². The summed E-state index contributed by atoms with van der Waals surface area (Å²) in [6.07, 6.45) is 6.43. The average molecular weight is 473 g/mol. The number of allylic oxidation sites excluding steroid dienone is 1. The summed E-state index contributed by atoms with van der Waals surface area (Å²) in [6.45, 7) is 0. The van der Waals surface area contributed by atoms with Crippen molar-refractivity contribution in [2.75, 3.05) is 0 Å². The lowest BCUT2D eigenvalue weighted by Gasteiger charge is -2.19. The van der Waals surface area contributed by atoms with Gasteiger partial charge in [0.15, 0.2) is 0 Å². The molecule has 1 nitrogen and oxygen atoms in total. The first-order valence-corrected chi connectivity index (χ1v) is 13.0. The minimum absolute atomic E-state index is 0.973. The Hall–Kier alpha value is -4.62. The molecule has 0 fully saturated rings. The van der Waals surface area contributed by atoms with Gasteiger partial charge in [0.05, 0.1) is 0 Å². The Balaban J connectivity index is 1.52. The molecule has 174 valence electrons. The molecule has 1 aliphatic carbocycles. The molecule has 8 rings (SSSR count). The van der Waals surface area contributed by atoms with E-state index in [-0.39, 0.29) is 0 Å². The topological polar surface area (TPSA) is 13.1 Å². The molecule has 1 aliphatic rings. The molecule has 37 heavy (non-hydrogen) atoms. The molecule has 0 N–H and O–H groups in total. The van der Waals surface area contributed by atoms with Gasteiger partial charge in [0.1, 0.15) is 11.3 Å². The molecule has 1 aromatic heterocycles. The quantitative estimate of drug-likeness (QED) is 0.228. The van der Waals surface area contributed by atoms with Gasteiger partial charge in [-0.15, -0.1) is 0 Å². The van der Waals surface area contributed by atoms with Gasteiger partial charge in [0.2, 0.25) is 0 Å². The van der Waals surface area contributed by atoms with E-state index in [1.54, 1.807) is 0 Å². The smallest absolute Gasteiger partial charge is 0.135 e. The van der Waals surface area contributed by atoms with E-state index in [9.17, 15) is 0 Å². The first-order chi connectivity index (χ1) is 18.4. The SMILES string of the molecule is C1=Cc2oc3cccc(-c4c5ccccc5c(-c5ccc6ccccc6c5)c5ccccc45)c3c2CC1. The van der Waals surface area contributed by atoms with Gasteiger partial charge in [-0.05, 0) is 85.6 Å². The summed E-state index contributed by atoms with van der Waals surface area (Å²) in [5.74, 6) is 1.01. The lowest BCUT2D eigenvalue weighted by atomic mass is 9.84. The van der Waals surface area contributed by atoms with Crippen molar-refractivity contribution in [1.29, 1.82) is 0 Å². The van der Waals surface area contributed by atoms with Crippen LogP contribution in [0.4, 0.5) is 0 Å². The standard InChI is InChI=1S/C36H24O/c1-2-11-24-22-25(21-20-23(24)10-1)34-26-12-3-5-14-28(26)35(29-15-6-4-13-27(29)34)31-17-9-19-33-36(31)30-16-7-8-18-32(30)37-33/h1-6,8-15,17-22H,7,16H2. The summed E-state index contributed by atoms with van der Waals surface area (Å²) in [5, 5.41) is 8.90. The second kappa shape index (κ2) is 7.94. The molecule has 0 saturated carbocycles. The highest BCUT2D eigenvalue weighted by Gasteiger charge is 2.22. The number of furan rings is 1. The fourth-order valence-electron chi connectivity index (χ4n) is 6.31. The van der Waals surface area contributed by atoms with E-state index in [1.807, 2.05) is 0 Å². The Labute approximate surface area is 215 Å². The van der Waals surface area contributed by atoms with Gasteiger partial charge >= 0.3 is 0 Å². The number of fused-ring (bicyclic) bond motifs is 6. The van der Waals surface area contributed by atoms with Crippen LogP contribution >= 0.6 is 0 Å². The summed E-state index contributed by atoms with van der Waals surface area (Å²) >= 11 is 0. The normalized spacial score (nSPS) is 13.1. The summed E-state index contributed by atoms with van der Waals surface area (Å²) in [5.41, 5.74) is 7.40. The van der Waals surface area contributed by atoms with Crippen molar-refractivity contribution < 1.29 is 4.42 Å². The number of benzene rings is 6. The minimum Gasteiger partial charge on any atom is -0.456 e. The van der Waals surface area contributed by atoms with Gasteiger partial charge < -0.3 is 4.42 Å². The van der Waals surface area contributed by atoms with Crippen LogP contribution in [0.1, 0.15) is 17.7 Å². The molecule has 7 aromatic rings. The second-order valence-corrected chi connectivity index (χ2v) is 9.97. The molecule has 0 amide bonds. The Kier molecular flexibility index (Phi) is 4.41. The van der Waals surface area contributed by atoms with Crippen LogP contribution in [0.5, 0.6) is 0 Å². The van der Waals surface area contributed by atoms with Gasteiger partial charge in [0, 0.05) is 10.9 Å². The molecular weight excluding hydrogens is 448 g/mol. The molecular formula is C36H24O. The van der Waals surface area contributed by atoms with E-state index < -0.39 is 0 Å². The van der Waals surface area contributed by atoms with Gasteiger partial charge in [-0.2, -0.15) is 0 Å². The maximum Gasteiger partial charge on any atom is 0.135 e. The molecule has 0 spiro atoms. The van der Waals surface area contributed by atoms with Crippen molar-refractivity contribution in [3.05, 3.63) is 127 Å². The van der Waals surface area contributed by atoms with Crippen molar-refractivity contribution in [1.82, 2.24) is 0 Å². The zero-order valence-electron chi connectivity index (χ0n) is 20.4. The Morgan fingerprint density at radius 1 is 0.568 bits per heavy atom. The van der Waals surface area contributed by atoms with E-state index in [0.717, 1.165) is 24.2 Å². The first-order valence-electron chi connectivity index (χ1n) is 13.0. The van der Waals surface area contributed by atoms with Crippen LogP contribution < -0.4 is 0 Å². The van der Waals surface area contributed by atoms with Crippen LogP contribution in [0.25, 0.3) is 71.6 Å². The molecule has 0 bridgehead atoms. The third kappa shape index (κ3) is 3.04. The minimum atomic E-state index is 0.973. The van der Waals surface area contributed by atoms with E-state index in [2.05, 4.69) is 121 Å². The highest BCUT2D eigenvalue weighted by molar-refractivity contribution is 6.24. The second-order valence-electron chi connectivity index (χ2n) is 9.97. The van der Waals surface area contributed by atoms with E-state index >= 15 is 0 Å². The van der Waals surface area contributed by atoms with Crippen LogP contribution in [0.15, 0.2) is 120 Å². The summed E-state index contributed by atoms with van der Waals surface area (Å²) in [6, 6.07) is 39.8. The van der Waals surface area contributed by atoms with Crippen molar-refractivity contribution >= 4 is 49.4 Å². The predicted molar refractivity (Wildman–Crippen MR) is 157 cm³/mol. The number of hydrogen-bond donors (Lipinski definition) is 0. The number of aryl methyl sites for hydroxylation is 1. The van der Waals surface area contributed by atoms with Crippen LogP contribution in [-0.2, 0) is 6.42 Å². The van der Waals surface area contributed by atoms with E-state index in [1.165, 1.54) is 65.5 Å². The molecule has 1 heterocycles. The van der Waals surface area contributed by atoms with Crippen LogP contribution in [-0.4, -0.2) is 0 Å². The highest BCUT2D eigenvalue weighted by Crippen LogP contribution is 2.47. The molecule has 6 aromatic carbocycles. The lowest BCUT2D eigenvalue weighted by Crippen LogP contribution is -1.93. The number of rotatable bonds is 2. The zero-order valence-corrected chi connectivity index (χ0v) is 20.4. The third-order valence-electron chi connectivity index (χ3n) is 7.91. The Morgan fingerprint density at radius 3 is 2.00 bits per heavy atom. The van der Waals surface area contributed by atoms with E-state index in [0.29, 0.717) is 0 Å². The van der Waals surface area contributed by atoms with Crippen LogP contribution in [0.2, 0.25) is 0 Å². The van der Waals surface area contributed by atoms with Crippen molar-refractivity contribution in [2.24, 2.45) is 0 Å². The largest absolute Gasteiger partial charge is 0.456 e. The molecule has 0 saturated heterocycles. The maximum atomic E-state index is 6.32. The highest BCUT2D eigenvalue weighted by atomic mass is 16.3. The zero-order chi connectivity index (χ0) is 24.3. The van der Waals surface area contributed by atoms with Gasteiger partial charge in [0.25, 0.3) is 0 Å². The molecule has 0 atom stereocenters. The Bertz CT molecular complexity index is 1980. The molecule has 1 heteroatoms. The van der Waals surface area contributed by atoms with Crippen molar-refractivity contribution in [2.45, 2.75) is 12.8 Å². The third-order valence-corrected chi connectivity index (χ3v) is 7.91. The van der Waals surface area contributed by atoms with Gasteiger partial charge in [-0.25, -0.2) is 0 Å². The monoisotopic (exact) mass is 472 g/mol.